The maximum absolute atomic E-state index is 4.69. The van der Waals surface area contributed by atoms with Crippen LogP contribution in [0, 0.1) is 0 Å². The van der Waals surface area contributed by atoms with Crippen molar-refractivity contribution in [1.29, 1.82) is 0 Å². The van der Waals surface area contributed by atoms with E-state index in [0.717, 1.165) is 18.7 Å². The summed E-state index contributed by atoms with van der Waals surface area (Å²) in [7, 11) is 2.16. The lowest BCUT2D eigenvalue weighted by atomic mass is 10.1. The maximum Gasteiger partial charge on any atom is 0.109 e. The highest BCUT2D eigenvalue weighted by Crippen LogP contribution is 2.26. The van der Waals surface area contributed by atoms with Crippen molar-refractivity contribution < 1.29 is 0 Å². The Morgan fingerprint density at radius 1 is 1.18 bits per heavy atom. The van der Waals surface area contributed by atoms with Gasteiger partial charge in [-0.15, -0.1) is 0 Å². The number of nitrogens with zero attached hydrogens (tertiary/aromatic N) is 2. The SMILES string of the molecule is CCCCCCN(C)C1=Nc2ccccc2C1. The molecule has 0 radical (unpaired) electrons. The van der Waals surface area contributed by atoms with E-state index < -0.39 is 0 Å². The highest BCUT2D eigenvalue weighted by molar-refractivity contribution is 5.92. The molecule has 1 aromatic carbocycles. The second kappa shape index (κ2) is 5.85. The van der Waals surface area contributed by atoms with Crippen LogP contribution in [0.25, 0.3) is 0 Å². The second-order valence-electron chi connectivity index (χ2n) is 4.82. The molecule has 0 unspecified atom stereocenters. The fourth-order valence-electron chi connectivity index (χ4n) is 2.24. The monoisotopic (exact) mass is 230 g/mol. The smallest absolute Gasteiger partial charge is 0.109 e. The fraction of sp³-hybridized carbons (Fsp3) is 0.533. The molecule has 2 heteroatoms. The predicted octanol–water partition coefficient (Wildman–Crippen LogP) is 3.78. The van der Waals surface area contributed by atoms with E-state index in [1.54, 1.807) is 0 Å². The van der Waals surface area contributed by atoms with Crippen LogP contribution in [-0.2, 0) is 6.42 Å². The topological polar surface area (TPSA) is 15.6 Å². The van der Waals surface area contributed by atoms with E-state index in [2.05, 4.69) is 43.1 Å². The minimum atomic E-state index is 1.00. The minimum Gasteiger partial charge on any atom is -0.363 e. The molecule has 0 saturated carbocycles. The van der Waals surface area contributed by atoms with Crippen molar-refractivity contribution in [1.82, 2.24) is 4.90 Å². The molecule has 0 fully saturated rings. The molecule has 0 N–H and O–H groups in total. The van der Waals surface area contributed by atoms with Gasteiger partial charge in [-0.3, -0.25) is 0 Å². The molecule has 17 heavy (non-hydrogen) atoms. The molecule has 0 saturated heterocycles. The van der Waals surface area contributed by atoms with Crippen LogP contribution in [0.3, 0.4) is 0 Å². The summed E-state index contributed by atoms with van der Waals surface area (Å²) in [6.07, 6.45) is 6.26. The van der Waals surface area contributed by atoms with E-state index in [9.17, 15) is 0 Å². The van der Waals surface area contributed by atoms with Crippen LogP contribution < -0.4 is 0 Å². The van der Waals surface area contributed by atoms with Gasteiger partial charge >= 0.3 is 0 Å². The third-order valence-electron chi connectivity index (χ3n) is 3.38. The third kappa shape index (κ3) is 3.09. The van der Waals surface area contributed by atoms with Crippen LogP contribution in [0.1, 0.15) is 38.2 Å². The molecule has 0 amide bonds. The van der Waals surface area contributed by atoms with E-state index in [-0.39, 0.29) is 0 Å². The van der Waals surface area contributed by atoms with E-state index in [1.165, 1.54) is 37.1 Å². The Hall–Kier alpha value is -1.31. The number of hydrogen-bond acceptors (Lipinski definition) is 2. The number of amidine groups is 1. The fourth-order valence-corrected chi connectivity index (χ4v) is 2.24. The Morgan fingerprint density at radius 2 is 2.00 bits per heavy atom. The van der Waals surface area contributed by atoms with Gasteiger partial charge < -0.3 is 4.90 Å². The third-order valence-corrected chi connectivity index (χ3v) is 3.38. The Morgan fingerprint density at radius 3 is 2.76 bits per heavy atom. The summed E-state index contributed by atoms with van der Waals surface area (Å²) in [6.45, 7) is 3.38. The van der Waals surface area contributed by atoms with E-state index >= 15 is 0 Å². The van der Waals surface area contributed by atoms with Crippen LogP contribution in [0.15, 0.2) is 29.3 Å². The number of hydrogen-bond donors (Lipinski definition) is 0. The standard InChI is InChI=1S/C15H22N2/c1-3-4-5-8-11-17(2)15-12-13-9-6-7-10-14(13)16-15/h6-7,9-10H,3-5,8,11-12H2,1-2H3. The highest BCUT2D eigenvalue weighted by atomic mass is 15.2. The van der Waals surface area contributed by atoms with Crippen LogP contribution in [0.4, 0.5) is 5.69 Å². The zero-order chi connectivity index (χ0) is 12.1. The lowest BCUT2D eigenvalue weighted by Crippen LogP contribution is -2.27. The molecule has 0 aliphatic carbocycles. The first-order chi connectivity index (χ1) is 8.31. The molecule has 2 nitrogen and oxygen atoms in total. The van der Waals surface area contributed by atoms with Crippen molar-refractivity contribution in [2.45, 2.75) is 39.0 Å². The molecular formula is C15H22N2. The van der Waals surface area contributed by atoms with Crippen LogP contribution in [-0.4, -0.2) is 24.3 Å². The normalized spacial score (nSPS) is 13.4. The van der Waals surface area contributed by atoms with E-state index in [0.29, 0.717) is 0 Å². The first-order valence-electron chi connectivity index (χ1n) is 6.68. The van der Waals surface area contributed by atoms with Crippen molar-refractivity contribution in [2.75, 3.05) is 13.6 Å². The van der Waals surface area contributed by atoms with Gasteiger partial charge in [0.2, 0.25) is 0 Å². The van der Waals surface area contributed by atoms with Crippen LogP contribution in [0.5, 0.6) is 0 Å². The molecule has 1 heterocycles. The van der Waals surface area contributed by atoms with Gasteiger partial charge in [0, 0.05) is 20.0 Å². The number of benzene rings is 1. The Kier molecular flexibility index (Phi) is 4.18. The van der Waals surface area contributed by atoms with Gasteiger partial charge in [-0.1, -0.05) is 44.4 Å². The Labute approximate surface area is 104 Å². The summed E-state index contributed by atoms with van der Waals surface area (Å²) in [5.74, 6) is 1.22. The average molecular weight is 230 g/mol. The van der Waals surface area contributed by atoms with Gasteiger partial charge in [0.05, 0.1) is 5.69 Å². The summed E-state index contributed by atoms with van der Waals surface area (Å²) in [5.41, 5.74) is 2.52. The zero-order valence-corrected chi connectivity index (χ0v) is 10.9. The van der Waals surface area contributed by atoms with Gasteiger partial charge in [0.1, 0.15) is 5.84 Å². The van der Waals surface area contributed by atoms with Crippen LogP contribution in [0.2, 0.25) is 0 Å². The molecule has 0 spiro atoms. The van der Waals surface area contributed by atoms with Gasteiger partial charge in [0.25, 0.3) is 0 Å². The van der Waals surface area contributed by atoms with Gasteiger partial charge in [-0.25, -0.2) is 4.99 Å². The number of rotatable bonds is 5. The Balaban J connectivity index is 1.85. The second-order valence-corrected chi connectivity index (χ2v) is 4.82. The molecule has 2 rings (SSSR count). The number of fused-ring (bicyclic) bond motifs is 1. The summed E-state index contributed by atoms with van der Waals surface area (Å²) >= 11 is 0. The average Bonchev–Trinajstić information content (AvgIpc) is 2.78. The zero-order valence-electron chi connectivity index (χ0n) is 10.9. The van der Waals surface area contributed by atoms with E-state index in [4.69, 9.17) is 4.99 Å². The quantitative estimate of drug-likeness (QED) is 0.703. The summed E-state index contributed by atoms with van der Waals surface area (Å²) < 4.78 is 0. The molecule has 1 aliphatic heterocycles. The first-order valence-corrected chi connectivity index (χ1v) is 6.68. The predicted molar refractivity (Wildman–Crippen MR) is 74.0 cm³/mol. The molecule has 1 aromatic rings. The lowest BCUT2D eigenvalue weighted by Gasteiger charge is -2.18. The number of likely N-dealkylation sites (N-methyl/N-ethyl adjacent to an activating group) is 1. The summed E-state index contributed by atoms with van der Waals surface area (Å²) in [5, 5.41) is 0. The van der Waals surface area contributed by atoms with Crippen LogP contribution >= 0.6 is 0 Å². The van der Waals surface area contributed by atoms with Crippen molar-refractivity contribution >= 4 is 11.5 Å². The highest BCUT2D eigenvalue weighted by Gasteiger charge is 2.16. The van der Waals surface area contributed by atoms with Crippen molar-refractivity contribution in [3.05, 3.63) is 29.8 Å². The molecule has 1 aliphatic rings. The molecular weight excluding hydrogens is 208 g/mol. The molecule has 0 aromatic heterocycles. The number of unbranched alkanes of at least 4 members (excludes halogenated alkanes) is 3. The first kappa shape index (κ1) is 12.2. The van der Waals surface area contributed by atoms with Crippen molar-refractivity contribution in [3.63, 3.8) is 0 Å². The molecule has 92 valence electrons. The van der Waals surface area contributed by atoms with Gasteiger partial charge in [-0.2, -0.15) is 0 Å². The van der Waals surface area contributed by atoms with Crippen molar-refractivity contribution in [2.24, 2.45) is 4.99 Å². The lowest BCUT2D eigenvalue weighted by molar-refractivity contribution is 0.466. The summed E-state index contributed by atoms with van der Waals surface area (Å²) in [6, 6.07) is 8.44. The number of aliphatic imine (C=N–C) groups is 1. The molecule has 0 bridgehead atoms. The van der Waals surface area contributed by atoms with Gasteiger partial charge in [-0.05, 0) is 18.1 Å². The van der Waals surface area contributed by atoms with Gasteiger partial charge in [0.15, 0.2) is 0 Å². The largest absolute Gasteiger partial charge is 0.363 e. The number of para-hydroxylation sites is 1. The Bertz CT molecular complexity index is 396. The minimum absolute atomic E-state index is 1.00. The summed E-state index contributed by atoms with van der Waals surface area (Å²) in [4.78, 5) is 7.01. The van der Waals surface area contributed by atoms with E-state index in [1.807, 2.05) is 0 Å². The molecule has 0 atom stereocenters. The maximum atomic E-state index is 4.69. The van der Waals surface area contributed by atoms with Crippen molar-refractivity contribution in [3.8, 4) is 0 Å².